The molecule has 1 fully saturated rings. The second-order valence-electron chi connectivity index (χ2n) is 4.55. The number of piperazine rings is 1. The first-order valence-electron chi connectivity index (χ1n) is 5.76. The number of hydrogen-bond donors (Lipinski definition) is 0. The molecule has 1 aromatic rings. The van der Waals surface area contributed by atoms with E-state index in [1.165, 1.54) is 0 Å². The molecule has 0 bridgehead atoms. The van der Waals surface area contributed by atoms with Gasteiger partial charge in [0.1, 0.15) is 6.07 Å². The van der Waals surface area contributed by atoms with Gasteiger partial charge in [-0.2, -0.15) is 5.26 Å². The van der Waals surface area contributed by atoms with Crippen molar-refractivity contribution in [2.75, 3.05) is 31.6 Å². The normalized spacial score (nSPS) is 21.3. The van der Waals surface area contributed by atoms with Gasteiger partial charge in [0.05, 0.1) is 11.3 Å². The predicted octanol–water partition coefficient (Wildman–Crippen LogP) is 2.46. The van der Waals surface area contributed by atoms with E-state index in [-0.39, 0.29) is 0 Å². The van der Waals surface area contributed by atoms with Crippen LogP contribution in [0.5, 0.6) is 0 Å². The molecule has 0 spiro atoms. The molecular formula is C13H16BrN3. The Labute approximate surface area is 111 Å². The van der Waals surface area contributed by atoms with E-state index in [4.69, 9.17) is 5.26 Å². The molecule has 0 aliphatic carbocycles. The van der Waals surface area contributed by atoms with Crippen LogP contribution in [0.3, 0.4) is 0 Å². The van der Waals surface area contributed by atoms with E-state index in [0.717, 1.165) is 35.4 Å². The summed E-state index contributed by atoms with van der Waals surface area (Å²) in [5, 5.41) is 9.16. The molecule has 1 aromatic carbocycles. The Balaban J connectivity index is 2.28. The van der Waals surface area contributed by atoms with Gasteiger partial charge in [-0.1, -0.05) is 15.9 Å². The third-order valence-electron chi connectivity index (χ3n) is 3.38. The Morgan fingerprint density at radius 1 is 1.41 bits per heavy atom. The van der Waals surface area contributed by atoms with Crippen LogP contribution in [0.25, 0.3) is 0 Å². The topological polar surface area (TPSA) is 30.3 Å². The number of hydrogen-bond acceptors (Lipinski definition) is 3. The van der Waals surface area contributed by atoms with Crippen molar-refractivity contribution in [3.63, 3.8) is 0 Å². The van der Waals surface area contributed by atoms with Crippen LogP contribution < -0.4 is 4.90 Å². The summed E-state index contributed by atoms with van der Waals surface area (Å²) in [6, 6.07) is 8.63. The van der Waals surface area contributed by atoms with Gasteiger partial charge in [-0.25, -0.2) is 0 Å². The lowest BCUT2D eigenvalue weighted by Gasteiger charge is -2.39. The molecule has 1 aliphatic rings. The zero-order chi connectivity index (χ0) is 12.4. The number of likely N-dealkylation sites (N-methyl/N-ethyl adjacent to an activating group) is 1. The van der Waals surface area contributed by atoms with E-state index in [9.17, 15) is 0 Å². The molecule has 1 saturated heterocycles. The molecule has 2 rings (SSSR count). The van der Waals surface area contributed by atoms with Crippen LogP contribution in [0, 0.1) is 11.3 Å². The summed E-state index contributed by atoms with van der Waals surface area (Å²) in [5.41, 5.74) is 1.80. The smallest absolute Gasteiger partial charge is 0.101 e. The van der Waals surface area contributed by atoms with Gasteiger partial charge in [-0.15, -0.1) is 0 Å². The minimum absolute atomic E-state index is 0.522. The number of anilines is 1. The van der Waals surface area contributed by atoms with Crippen molar-refractivity contribution in [3.05, 3.63) is 28.2 Å². The standard InChI is InChI=1S/C13H16BrN3/c1-10-9-17(6-5-16(10)2)13-7-12(14)4-3-11(13)8-15/h3-4,7,10H,5-6,9H2,1-2H3. The van der Waals surface area contributed by atoms with E-state index in [1.54, 1.807) is 0 Å². The quantitative estimate of drug-likeness (QED) is 0.797. The van der Waals surface area contributed by atoms with E-state index in [2.05, 4.69) is 45.8 Å². The Morgan fingerprint density at radius 2 is 2.18 bits per heavy atom. The molecule has 0 amide bonds. The molecule has 17 heavy (non-hydrogen) atoms. The van der Waals surface area contributed by atoms with Crippen molar-refractivity contribution in [2.45, 2.75) is 13.0 Å². The first-order valence-corrected chi connectivity index (χ1v) is 6.56. The van der Waals surface area contributed by atoms with Gasteiger partial charge in [0, 0.05) is 30.1 Å². The highest BCUT2D eigenvalue weighted by atomic mass is 79.9. The molecular weight excluding hydrogens is 278 g/mol. The van der Waals surface area contributed by atoms with Crippen LogP contribution in [0.1, 0.15) is 12.5 Å². The fourth-order valence-corrected chi connectivity index (χ4v) is 2.48. The summed E-state index contributed by atoms with van der Waals surface area (Å²) in [6.07, 6.45) is 0. The van der Waals surface area contributed by atoms with Crippen molar-refractivity contribution in [3.8, 4) is 6.07 Å². The van der Waals surface area contributed by atoms with Crippen molar-refractivity contribution >= 4 is 21.6 Å². The highest BCUT2D eigenvalue weighted by Crippen LogP contribution is 2.26. The maximum atomic E-state index is 9.16. The lowest BCUT2D eigenvalue weighted by Crippen LogP contribution is -2.50. The fraction of sp³-hybridized carbons (Fsp3) is 0.462. The molecule has 3 nitrogen and oxygen atoms in total. The van der Waals surface area contributed by atoms with E-state index in [0.29, 0.717) is 6.04 Å². The highest BCUT2D eigenvalue weighted by Gasteiger charge is 2.22. The van der Waals surface area contributed by atoms with Crippen molar-refractivity contribution < 1.29 is 0 Å². The molecule has 1 aliphatic heterocycles. The van der Waals surface area contributed by atoms with Crippen molar-refractivity contribution in [1.29, 1.82) is 5.26 Å². The minimum atomic E-state index is 0.522. The van der Waals surface area contributed by atoms with Gasteiger partial charge in [-0.05, 0) is 32.2 Å². The Kier molecular flexibility index (Phi) is 3.70. The third-order valence-corrected chi connectivity index (χ3v) is 3.87. The Bertz CT molecular complexity index is 452. The number of halogens is 1. The molecule has 4 heteroatoms. The van der Waals surface area contributed by atoms with E-state index >= 15 is 0 Å². The number of benzene rings is 1. The van der Waals surface area contributed by atoms with Gasteiger partial charge < -0.3 is 9.80 Å². The highest BCUT2D eigenvalue weighted by molar-refractivity contribution is 9.10. The van der Waals surface area contributed by atoms with Crippen molar-refractivity contribution in [2.24, 2.45) is 0 Å². The zero-order valence-electron chi connectivity index (χ0n) is 10.2. The van der Waals surface area contributed by atoms with Crippen LogP contribution in [0.4, 0.5) is 5.69 Å². The lowest BCUT2D eigenvalue weighted by atomic mass is 10.1. The van der Waals surface area contributed by atoms with Crippen molar-refractivity contribution in [1.82, 2.24) is 4.90 Å². The molecule has 0 saturated carbocycles. The van der Waals surface area contributed by atoms with Gasteiger partial charge in [0.25, 0.3) is 0 Å². The summed E-state index contributed by atoms with van der Waals surface area (Å²) in [4.78, 5) is 4.65. The molecule has 1 unspecified atom stereocenters. The minimum Gasteiger partial charge on any atom is -0.368 e. The first kappa shape index (κ1) is 12.4. The second kappa shape index (κ2) is 5.07. The SMILES string of the molecule is CC1CN(c2cc(Br)ccc2C#N)CCN1C. The molecule has 0 aromatic heterocycles. The average Bonchev–Trinajstić information content (AvgIpc) is 2.32. The number of nitrogens with zero attached hydrogens (tertiary/aromatic N) is 3. The molecule has 90 valence electrons. The van der Waals surface area contributed by atoms with Crippen LogP contribution in [0.2, 0.25) is 0 Å². The van der Waals surface area contributed by atoms with Gasteiger partial charge in [0.15, 0.2) is 0 Å². The third kappa shape index (κ3) is 2.62. The van der Waals surface area contributed by atoms with Gasteiger partial charge in [0.2, 0.25) is 0 Å². The second-order valence-corrected chi connectivity index (χ2v) is 5.46. The molecule has 0 radical (unpaired) electrons. The monoisotopic (exact) mass is 293 g/mol. The predicted molar refractivity (Wildman–Crippen MR) is 73.2 cm³/mol. The Morgan fingerprint density at radius 3 is 2.82 bits per heavy atom. The molecule has 1 heterocycles. The van der Waals surface area contributed by atoms with E-state index in [1.807, 2.05) is 18.2 Å². The van der Waals surface area contributed by atoms with Crippen LogP contribution >= 0.6 is 15.9 Å². The zero-order valence-corrected chi connectivity index (χ0v) is 11.7. The number of nitriles is 1. The van der Waals surface area contributed by atoms with Crippen LogP contribution in [-0.2, 0) is 0 Å². The summed E-state index contributed by atoms with van der Waals surface area (Å²) < 4.78 is 1.03. The largest absolute Gasteiger partial charge is 0.368 e. The maximum absolute atomic E-state index is 9.16. The van der Waals surface area contributed by atoms with E-state index < -0.39 is 0 Å². The fourth-order valence-electron chi connectivity index (χ4n) is 2.13. The van der Waals surface area contributed by atoms with Crippen LogP contribution in [0.15, 0.2) is 22.7 Å². The van der Waals surface area contributed by atoms with Gasteiger partial charge >= 0.3 is 0 Å². The number of rotatable bonds is 1. The van der Waals surface area contributed by atoms with Crippen LogP contribution in [-0.4, -0.2) is 37.6 Å². The Hall–Kier alpha value is -1.05. The summed E-state index contributed by atoms with van der Waals surface area (Å²) >= 11 is 3.47. The van der Waals surface area contributed by atoms with Gasteiger partial charge in [-0.3, -0.25) is 0 Å². The molecule has 0 N–H and O–H groups in total. The average molecular weight is 294 g/mol. The summed E-state index contributed by atoms with van der Waals surface area (Å²) in [5.74, 6) is 0. The summed E-state index contributed by atoms with van der Waals surface area (Å²) in [6.45, 7) is 5.21. The lowest BCUT2D eigenvalue weighted by molar-refractivity contribution is 0.234. The summed E-state index contributed by atoms with van der Waals surface area (Å²) in [7, 11) is 2.15. The molecule has 1 atom stereocenters. The maximum Gasteiger partial charge on any atom is 0.101 e. The first-order chi connectivity index (χ1) is 8.11.